The molecule has 23 heavy (non-hydrogen) atoms. The molecular weight excluding hydrogens is 346 g/mol. The van der Waals surface area contributed by atoms with Crippen molar-refractivity contribution in [3.8, 4) is 0 Å². The molecule has 0 N–H and O–H groups in total. The van der Waals surface area contributed by atoms with Crippen LogP contribution in [0.5, 0.6) is 0 Å². The molecule has 6 heteroatoms. The molecule has 1 aliphatic heterocycles. The van der Waals surface area contributed by atoms with E-state index >= 15 is 0 Å². The van der Waals surface area contributed by atoms with Gasteiger partial charge in [0.15, 0.2) is 0 Å². The van der Waals surface area contributed by atoms with Gasteiger partial charge < -0.3 is 0 Å². The maximum absolute atomic E-state index is 13.1. The number of sulfonamides is 1. The van der Waals surface area contributed by atoms with Crippen molar-refractivity contribution in [2.24, 2.45) is 0 Å². The van der Waals surface area contributed by atoms with E-state index < -0.39 is 10.0 Å². The molecule has 0 spiro atoms. The standard InChI is InChI=1S/C17H15NO2S3/c19-23(20,16-6-3-10-22-16)18-9-7-13-4-1-2-5-15(13)17(18)14-8-11-21-12-14/h1-6,8,10-12,17H,7,9H2. The highest BCUT2D eigenvalue weighted by atomic mass is 32.2. The molecule has 118 valence electrons. The van der Waals surface area contributed by atoms with Crippen LogP contribution in [0, 0.1) is 0 Å². The van der Waals surface area contributed by atoms with E-state index in [2.05, 4.69) is 6.07 Å². The van der Waals surface area contributed by atoms with E-state index in [1.165, 1.54) is 16.9 Å². The largest absolute Gasteiger partial charge is 0.253 e. The number of hydrogen-bond donors (Lipinski definition) is 0. The van der Waals surface area contributed by atoms with Crippen LogP contribution in [-0.2, 0) is 16.4 Å². The predicted octanol–water partition coefficient (Wildman–Crippen LogP) is 4.15. The van der Waals surface area contributed by atoms with Gasteiger partial charge in [0.25, 0.3) is 10.0 Å². The molecule has 1 atom stereocenters. The summed E-state index contributed by atoms with van der Waals surface area (Å²) in [4.78, 5) is 0. The van der Waals surface area contributed by atoms with E-state index in [1.54, 1.807) is 27.8 Å². The summed E-state index contributed by atoms with van der Waals surface area (Å²) < 4.78 is 28.3. The number of benzene rings is 1. The summed E-state index contributed by atoms with van der Waals surface area (Å²) in [6.07, 6.45) is 0.751. The van der Waals surface area contributed by atoms with Crippen molar-refractivity contribution in [2.45, 2.75) is 16.7 Å². The maximum atomic E-state index is 13.1. The first kappa shape index (κ1) is 15.1. The van der Waals surface area contributed by atoms with Crippen LogP contribution in [0.2, 0.25) is 0 Å². The zero-order valence-electron chi connectivity index (χ0n) is 12.3. The maximum Gasteiger partial charge on any atom is 0.253 e. The Bertz CT molecular complexity index is 899. The van der Waals surface area contributed by atoms with Crippen molar-refractivity contribution >= 4 is 32.7 Å². The van der Waals surface area contributed by atoms with Crippen molar-refractivity contribution < 1.29 is 8.42 Å². The predicted molar refractivity (Wildman–Crippen MR) is 94.5 cm³/mol. The molecule has 0 fully saturated rings. The first-order valence-corrected chi connectivity index (χ1v) is 10.6. The van der Waals surface area contributed by atoms with Crippen molar-refractivity contribution in [1.29, 1.82) is 0 Å². The van der Waals surface area contributed by atoms with Crippen LogP contribution in [0.25, 0.3) is 0 Å². The Labute approximate surface area is 143 Å². The summed E-state index contributed by atoms with van der Waals surface area (Å²) in [6, 6.07) is 13.4. The summed E-state index contributed by atoms with van der Waals surface area (Å²) in [5.74, 6) is 0. The van der Waals surface area contributed by atoms with E-state index in [0.717, 1.165) is 17.5 Å². The Morgan fingerprint density at radius 2 is 1.91 bits per heavy atom. The number of rotatable bonds is 3. The van der Waals surface area contributed by atoms with E-state index in [0.29, 0.717) is 10.8 Å². The lowest BCUT2D eigenvalue weighted by molar-refractivity contribution is 0.345. The highest BCUT2D eigenvalue weighted by Crippen LogP contribution is 2.39. The normalized spacial score (nSPS) is 18.7. The van der Waals surface area contributed by atoms with Gasteiger partial charge in [0.2, 0.25) is 0 Å². The summed E-state index contributed by atoms with van der Waals surface area (Å²) in [6.45, 7) is 0.512. The summed E-state index contributed by atoms with van der Waals surface area (Å²) in [7, 11) is -3.48. The molecule has 3 heterocycles. The van der Waals surface area contributed by atoms with Crippen LogP contribution >= 0.6 is 22.7 Å². The van der Waals surface area contributed by atoms with Gasteiger partial charge in [0, 0.05) is 6.54 Å². The van der Waals surface area contributed by atoms with Gasteiger partial charge in [-0.1, -0.05) is 30.3 Å². The second-order valence-corrected chi connectivity index (χ2v) is 9.30. The summed E-state index contributed by atoms with van der Waals surface area (Å²) in [5, 5.41) is 5.86. The van der Waals surface area contributed by atoms with Gasteiger partial charge in [0.05, 0.1) is 6.04 Å². The molecule has 4 rings (SSSR count). The Morgan fingerprint density at radius 1 is 1.04 bits per heavy atom. The topological polar surface area (TPSA) is 37.4 Å². The lowest BCUT2D eigenvalue weighted by atomic mass is 9.91. The van der Waals surface area contributed by atoms with Gasteiger partial charge in [-0.05, 0) is 51.4 Å². The van der Waals surface area contributed by atoms with Crippen LogP contribution in [0.15, 0.2) is 62.8 Å². The fourth-order valence-corrected chi connectivity index (χ4v) is 6.50. The minimum atomic E-state index is -3.48. The van der Waals surface area contributed by atoms with Crippen LogP contribution in [0.3, 0.4) is 0 Å². The molecule has 3 nitrogen and oxygen atoms in total. The Hall–Kier alpha value is -1.47. The molecule has 0 bridgehead atoms. The molecule has 1 aliphatic rings. The molecule has 0 aliphatic carbocycles. The van der Waals surface area contributed by atoms with E-state index in [4.69, 9.17) is 0 Å². The zero-order valence-corrected chi connectivity index (χ0v) is 14.7. The second-order valence-electron chi connectivity index (χ2n) is 5.46. The zero-order chi connectivity index (χ0) is 15.9. The van der Waals surface area contributed by atoms with Gasteiger partial charge in [-0.25, -0.2) is 8.42 Å². The van der Waals surface area contributed by atoms with Crippen molar-refractivity contribution in [3.05, 3.63) is 75.3 Å². The molecule has 0 amide bonds. The molecule has 0 saturated carbocycles. The van der Waals surface area contributed by atoms with Crippen LogP contribution in [-0.4, -0.2) is 19.3 Å². The highest BCUT2D eigenvalue weighted by Gasteiger charge is 2.37. The van der Waals surface area contributed by atoms with Gasteiger partial charge in [-0.15, -0.1) is 11.3 Å². The third-order valence-electron chi connectivity index (χ3n) is 4.16. The number of fused-ring (bicyclic) bond motifs is 1. The van der Waals surface area contributed by atoms with Gasteiger partial charge in [0.1, 0.15) is 4.21 Å². The van der Waals surface area contributed by atoms with Gasteiger partial charge in [-0.3, -0.25) is 0 Å². The Kier molecular flexibility index (Phi) is 3.85. The highest BCUT2D eigenvalue weighted by molar-refractivity contribution is 7.91. The van der Waals surface area contributed by atoms with Crippen LogP contribution in [0.4, 0.5) is 0 Å². The molecule has 2 aromatic heterocycles. The fraction of sp³-hybridized carbons (Fsp3) is 0.176. The monoisotopic (exact) mass is 361 g/mol. The first-order chi connectivity index (χ1) is 11.2. The molecular formula is C17H15NO2S3. The molecule has 0 saturated heterocycles. The third kappa shape index (κ3) is 2.55. The van der Waals surface area contributed by atoms with Gasteiger partial charge >= 0.3 is 0 Å². The van der Waals surface area contributed by atoms with Crippen molar-refractivity contribution in [3.63, 3.8) is 0 Å². The van der Waals surface area contributed by atoms with Gasteiger partial charge in [-0.2, -0.15) is 15.6 Å². The summed E-state index contributed by atoms with van der Waals surface area (Å²) >= 11 is 2.88. The van der Waals surface area contributed by atoms with Crippen molar-refractivity contribution in [1.82, 2.24) is 4.31 Å². The Balaban J connectivity index is 1.87. The fourth-order valence-electron chi connectivity index (χ4n) is 3.10. The molecule has 1 aromatic carbocycles. The SMILES string of the molecule is O=S(=O)(c1cccs1)N1CCc2ccccc2C1c1ccsc1. The third-order valence-corrected chi connectivity index (χ3v) is 8.10. The van der Waals surface area contributed by atoms with Crippen molar-refractivity contribution in [2.75, 3.05) is 6.54 Å². The second kappa shape index (κ2) is 5.87. The lowest BCUT2D eigenvalue weighted by Gasteiger charge is -2.35. The molecule has 1 unspecified atom stereocenters. The smallest absolute Gasteiger partial charge is 0.206 e. The first-order valence-electron chi connectivity index (χ1n) is 7.33. The van der Waals surface area contributed by atoms with E-state index in [9.17, 15) is 8.42 Å². The minimum absolute atomic E-state index is 0.238. The van der Waals surface area contributed by atoms with Crippen LogP contribution in [0.1, 0.15) is 22.7 Å². The summed E-state index contributed by atoms with van der Waals surface area (Å²) in [5.41, 5.74) is 3.38. The van der Waals surface area contributed by atoms with E-state index in [-0.39, 0.29) is 6.04 Å². The van der Waals surface area contributed by atoms with E-state index in [1.807, 2.05) is 40.4 Å². The number of nitrogens with zero attached hydrogens (tertiary/aromatic N) is 1. The quantitative estimate of drug-likeness (QED) is 0.703. The average molecular weight is 362 g/mol. The number of thiophene rings is 2. The average Bonchev–Trinajstić information content (AvgIpc) is 3.27. The molecule has 0 radical (unpaired) electrons. The number of hydrogen-bond acceptors (Lipinski definition) is 4. The molecule has 3 aromatic rings. The van der Waals surface area contributed by atoms with Crippen LogP contribution < -0.4 is 0 Å². The minimum Gasteiger partial charge on any atom is -0.206 e. The Morgan fingerprint density at radius 3 is 2.65 bits per heavy atom. The lowest BCUT2D eigenvalue weighted by Crippen LogP contribution is -2.40.